The Morgan fingerprint density at radius 1 is 1.00 bits per heavy atom. The van der Waals surface area contributed by atoms with E-state index in [1.165, 1.54) is 37.9 Å². The van der Waals surface area contributed by atoms with Crippen LogP contribution < -0.4 is 0 Å². The molecule has 0 atom stereocenters. The maximum Gasteiger partial charge on any atom is 0.0332 e. The van der Waals surface area contributed by atoms with Crippen molar-refractivity contribution >= 4 is 11.9 Å². The molecule has 1 aliphatic heterocycles. The van der Waals surface area contributed by atoms with Gasteiger partial charge in [-0.2, -0.15) is 0 Å². The van der Waals surface area contributed by atoms with E-state index in [1.807, 2.05) is 11.9 Å². The summed E-state index contributed by atoms with van der Waals surface area (Å²) in [5.74, 6) is 1.13. The van der Waals surface area contributed by atoms with Gasteiger partial charge in [-0.15, -0.1) is 0 Å². The van der Waals surface area contributed by atoms with E-state index in [2.05, 4.69) is 34.6 Å². The van der Waals surface area contributed by atoms with Crippen molar-refractivity contribution in [1.29, 1.82) is 0 Å². The summed E-state index contributed by atoms with van der Waals surface area (Å²) in [6.07, 6.45) is 4.17. The van der Waals surface area contributed by atoms with E-state index in [9.17, 15) is 0 Å². The van der Waals surface area contributed by atoms with Gasteiger partial charge in [-0.3, -0.25) is 4.31 Å². The Labute approximate surface area is 90.6 Å². The minimum absolute atomic E-state index is 1.13. The first kappa shape index (κ1) is 10.1. The van der Waals surface area contributed by atoms with E-state index in [1.54, 1.807) is 0 Å². The summed E-state index contributed by atoms with van der Waals surface area (Å²) in [7, 11) is 0. The highest BCUT2D eigenvalue weighted by Gasteiger charge is 2.09. The molecule has 1 aromatic rings. The minimum atomic E-state index is 1.13. The van der Waals surface area contributed by atoms with E-state index in [0.717, 1.165) is 5.75 Å². The summed E-state index contributed by atoms with van der Waals surface area (Å²) < 4.78 is 2.51. The second-order valence-electron chi connectivity index (χ2n) is 3.75. The highest BCUT2D eigenvalue weighted by molar-refractivity contribution is 7.96. The van der Waals surface area contributed by atoms with Crippen LogP contribution >= 0.6 is 11.9 Å². The van der Waals surface area contributed by atoms with Gasteiger partial charge in [-0.25, -0.2) is 0 Å². The molecule has 1 heterocycles. The lowest BCUT2D eigenvalue weighted by atomic mass is 10.2. The van der Waals surface area contributed by atoms with Crippen LogP contribution in [0, 0.1) is 0 Å². The van der Waals surface area contributed by atoms with Crippen molar-refractivity contribution in [2.75, 3.05) is 13.1 Å². The number of benzene rings is 1. The molecular weight excluding hydrogens is 190 g/mol. The van der Waals surface area contributed by atoms with Gasteiger partial charge in [0.25, 0.3) is 0 Å². The van der Waals surface area contributed by atoms with Crippen LogP contribution in [-0.2, 0) is 5.75 Å². The van der Waals surface area contributed by atoms with Crippen LogP contribution in [-0.4, -0.2) is 17.4 Å². The molecule has 14 heavy (non-hydrogen) atoms. The Morgan fingerprint density at radius 2 is 1.71 bits per heavy atom. The van der Waals surface area contributed by atoms with Gasteiger partial charge in [0.1, 0.15) is 0 Å². The number of piperidine rings is 1. The topological polar surface area (TPSA) is 3.24 Å². The molecule has 0 unspecified atom stereocenters. The molecule has 0 N–H and O–H groups in total. The Bertz CT molecular complexity index is 254. The van der Waals surface area contributed by atoms with E-state index in [-0.39, 0.29) is 0 Å². The van der Waals surface area contributed by atoms with Gasteiger partial charge in [0.05, 0.1) is 0 Å². The molecule has 1 aromatic carbocycles. The van der Waals surface area contributed by atoms with E-state index >= 15 is 0 Å². The quantitative estimate of drug-likeness (QED) is 0.699. The molecule has 1 fully saturated rings. The molecule has 2 rings (SSSR count). The van der Waals surface area contributed by atoms with Crippen molar-refractivity contribution in [3.8, 4) is 0 Å². The molecule has 1 nitrogen and oxygen atoms in total. The Kier molecular flexibility index (Phi) is 3.90. The van der Waals surface area contributed by atoms with Crippen molar-refractivity contribution in [3.05, 3.63) is 35.9 Å². The predicted octanol–water partition coefficient (Wildman–Crippen LogP) is 3.32. The SMILES string of the molecule is c1ccc(CSN2CCCCC2)cc1. The maximum absolute atomic E-state index is 2.51. The van der Waals surface area contributed by atoms with Crippen LogP contribution in [0.2, 0.25) is 0 Å². The molecule has 1 saturated heterocycles. The van der Waals surface area contributed by atoms with Crippen molar-refractivity contribution < 1.29 is 0 Å². The summed E-state index contributed by atoms with van der Waals surface area (Å²) in [5, 5.41) is 0. The normalized spacial score (nSPS) is 18.3. The summed E-state index contributed by atoms with van der Waals surface area (Å²) in [4.78, 5) is 0. The third kappa shape index (κ3) is 3.03. The molecule has 0 aromatic heterocycles. The zero-order chi connectivity index (χ0) is 9.64. The lowest BCUT2D eigenvalue weighted by Crippen LogP contribution is -2.23. The van der Waals surface area contributed by atoms with Crippen LogP contribution in [0.4, 0.5) is 0 Å². The van der Waals surface area contributed by atoms with Crippen molar-refractivity contribution in [3.63, 3.8) is 0 Å². The lowest BCUT2D eigenvalue weighted by molar-refractivity contribution is 0.380. The fourth-order valence-electron chi connectivity index (χ4n) is 1.73. The summed E-state index contributed by atoms with van der Waals surface area (Å²) in [5.41, 5.74) is 1.43. The first-order valence-electron chi connectivity index (χ1n) is 5.37. The first-order chi connectivity index (χ1) is 6.95. The zero-order valence-corrected chi connectivity index (χ0v) is 9.30. The smallest absolute Gasteiger partial charge is 0.0332 e. The molecular formula is C12H17NS. The van der Waals surface area contributed by atoms with Gasteiger partial charge in [0, 0.05) is 18.8 Å². The second kappa shape index (κ2) is 5.42. The Hall–Kier alpha value is -0.470. The third-order valence-corrected chi connectivity index (χ3v) is 3.76. The number of hydrogen-bond acceptors (Lipinski definition) is 2. The van der Waals surface area contributed by atoms with Gasteiger partial charge >= 0.3 is 0 Å². The van der Waals surface area contributed by atoms with Crippen LogP contribution in [0.5, 0.6) is 0 Å². The molecule has 0 bridgehead atoms. The van der Waals surface area contributed by atoms with Gasteiger partial charge in [0.15, 0.2) is 0 Å². The van der Waals surface area contributed by atoms with Gasteiger partial charge in [0.2, 0.25) is 0 Å². The maximum atomic E-state index is 2.51. The van der Waals surface area contributed by atoms with Crippen molar-refractivity contribution in [1.82, 2.24) is 4.31 Å². The van der Waals surface area contributed by atoms with Gasteiger partial charge < -0.3 is 0 Å². The molecule has 0 radical (unpaired) electrons. The second-order valence-corrected chi connectivity index (χ2v) is 4.81. The van der Waals surface area contributed by atoms with Gasteiger partial charge in [-0.05, 0) is 18.4 Å². The fourth-order valence-corrected chi connectivity index (χ4v) is 2.77. The van der Waals surface area contributed by atoms with Crippen molar-refractivity contribution in [2.45, 2.75) is 25.0 Å². The molecule has 2 heteroatoms. The average Bonchev–Trinajstić information content (AvgIpc) is 2.29. The molecule has 0 amide bonds. The Morgan fingerprint density at radius 3 is 2.43 bits per heavy atom. The summed E-state index contributed by atoms with van der Waals surface area (Å²) in [6, 6.07) is 10.7. The highest BCUT2D eigenvalue weighted by atomic mass is 32.2. The number of nitrogens with zero attached hydrogens (tertiary/aromatic N) is 1. The lowest BCUT2D eigenvalue weighted by Gasteiger charge is -2.25. The van der Waals surface area contributed by atoms with Crippen LogP contribution in [0.3, 0.4) is 0 Å². The van der Waals surface area contributed by atoms with Gasteiger partial charge in [-0.1, -0.05) is 48.7 Å². The number of rotatable bonds is 3. The monoisotopic (exact) mass is 207 g/mol. The summed E-state index contributed by atoms with van der Waals surface area (Å²) >= 11 is 1.98. The van der Waals surface area contributed by atoms with Crippen molar-refractivity contribution in [2.24, 2.45) is 0 Å². The van der Waals surface area contributed by atoms with E-state index in [4.69, 9.17) is 0 Å². The summed E-state index contributed by atoms with van der Waals surface area (Å²) in [6.45, 7) is 2.55. The molecule has 0 saturated carbocycles. The molecule has 1 aliphatic rings. The van der Waals surface area contributed by atoms with Crippen LogP contribution in [0.15, 0.2) is 30.3 Å². The van der Waals surface area contributed by atoms with E-state index in [0.29, 0.717) is 0 Å². The highest BCUT2D eigenvalue weighted by Crippen LogP contribution is 2.21. The zero-order valence-electron chi connectivity index (χ0n) is 8.48. The minimum Gasteiger partial charge on any atom is -0.250 e. The van der Waals surface area contributed by atoms with E-state index < -0.39 is 0 Å². The first-order valence-corrected chi connectivity index (χ1v) is 6.31. The fraction of sp³-hybridized carbons (Fsp3) is 0.500. The standard InChI is InChI=1S/C12H17NS/c1-3-7-12(8-4-1)11-14-13-9-5-2-6-10-13/h1,3-4,7-8H,2,5-6,9-11H2. The molecule has 0 spiro atoms. The Balaban J connectivity index is 1.76. The molecule has 0 aliphatic carbocycles. The molecule has 76 valence electrons. The third-order valence-electron chi connectivity index (χ3n) is 2.57. The van der Waals surface area contributed by atoms with Crippen LogP contribution in [0.1, 0.15) is 24.8 Å². The predicted molar refractivity (Wildman–Crippen MR) is 63.2 cm³/mol. The van der Waals surface area contributed by atoms with Crippen LogP contribution in [0.25, 0.3) is 0 Å². The average molecular weight is 207 g/mol. The largest absolute Gasteiger partial charge is 0.250 e. The number of hydrogen-bond donors (Lipinski definition) is 0.